The first-order valence-electron chi connectivity index (χ1n) is 9.37. The SMILES string of the molecule is Cc1ccc([N+](=O)[O-])cc1NC(=O)C(=O)NCCC(O)c1cccc2ccccc12. The second-order valence-corrected chi connectivity index (χ2v) is 6.84. The van der Waals surface area contributed by atoms with Gasteiger partial charge >= 0.3 is 11.8 Å². The Morgan fingerprint density at radius 1 is 1.07 bits per heavy atom. The van der Waals surface area contributed by atoms with Crippen molar-refractivity contribution in [3.8, 4) is 0 Å². The van der Waals surface area contributed by atoms with Crippen LogP contribution in [0.15, 0.2) is 60.7 Å². The normalized spacial score (nSPS) is 11.7. The summed E-state index contributed by atoms with van der Waals surface area (Å²) in [7, 11) is 0. The van der Waals surface area contributed by atoms with Crippen LogP contribution in [0.5, 0.6) is 0 Å². The summed E-state index contributed by atoms with van der Waals surface area (Å²) in [6.45, 7) is 1.75. The van der Waals surface area contributed by atoms with Gasteiger partial charge in [0.1, 0.15) is 0 Å². The van der Waals surface area contributed by atoms with Gasteiger partial charge in [-0.25, -0.2) is 0 Å². The number of aryl methyl sites for hydroxylation is 1. The fourth-order valence-electron chi connectivity index (χ4n) is 3.14. The quantitative estimate of drug-likeness (QED) is 0.329. The molecule has 1 unspecified atom stereocenters. The lowest BCUT2D eigenvalue weighted by Crippen LogP contribution is -2.36. The molecule has 0 heterocycles. The molecule has 0 aliphatic rings. The molecule has 0 saturated heterocycles. The molecule has 30 heavy (non-hydrogen) atoms. The third kappa shape index (κ3) is 4.79. The predicted octanol–water partition coefficient (Wildman–Crippen LogP) is 3.23. The zero-order chi connectivity index (χ0) is 21.7. The Morgan fingerprint density at radius 2 is 1.80 bits per heavy atom. The van der Waals surface area contributed by atoms with E-state index in [1.165, 1.54) is 18.2 Å². The van der Waals surface area contributed by atoms with Crippen LogP contribution in [0.4, 0.5) is 11.4 Å². The molecule has 0 radical (unpaired) electrons. The molecule has 3 rings (SSSR count). The molecule has 0 saturated carbocycles. The fraction of sp³-hybridized carbons (Fsp3) is 0.182. The van der Waals surface area contributed by atoms with E-state index in [0.717, 1.165) is 16.3 Å². The average molecular weight is 407 g/mol. The van der Waals surface area contributed by atoms with Gasteiger partial charge in [-0.1, -0.05) is 48.5 Å². The lowest BCUT2D eigenvalue weighted by molar-refractivity contribution is -0.384. The first-order chi connectivity index (χ1) is 14.4. The highest BCUT2D eigenvalue weighted by Gasteiger charge is 2.17. The molecule has 3 aromatic rings. The van der Waals surface area contributed by atoms with E-state index in [1.807, 2.05) is 42.5 Å². The van der Waals surface area contributed by atoms with E-state index < -0.39 is 22.8 Å². The minimum atomic E-state index is -0.932. The molecule has 8 nitrogen and oxygen atoms in total. The zero-order valence-corrected chi connectivity index (χ0v) is 16.3. The first-order valence-corrected chi connectivity index (χ1v) is 9.37. The third-order valence-electron chi connectivity index (χ3n) is 4.77. The van der Waals surface area contributed by atoms with Gasteiger partial charge in [-0.3, -0.25) is 19.7 Å². The summed E-state index contributed by atoms with van der Waals surface area (Å²) in [5.74, 6) is -1.82. The van der Waals surface area contributed by atoms with E-state index in [-0.39, 0.29) is 24.3 Å². The van der Waals surface area contributed by atoms with Crippen LogP contribution < -0.4 is 10.6 Å². The van der Waals surface area contributed by atoms with E-state index in [4.69, 9.17) is 0 Å². The van der Waals surface area contributed by atoms with Crippen molar-refractivity contribution in [2.75, 3.05) is 11.9 Å². The van der Waals surface area contributed by atoms with Gasteiger partial charge < -0.3 is 15.7 Å². The van der Waals surface area contributed by atoms with Crippen LogP contribution in [0.2, 0.25) is 0 Å². The Balaban J connectivity index is 1.57. The molecule has 0 spiro atoms. The van der Waals surface area contributed by atoms with Crippen LogP contribution in [0.25, 0.3) is 10.8 Å². The number of nitro benzene ring substituents is 1. The van der Waals surface area contributed by atoms with Crippen molar-refractivity contribution in [1.82, 2.24) is 5.32 Å². The minimum absolute atomic E-state index is 0.0879. The number of nitro groups is 1. The van der Waals surface area contributed by atoms with Crippen LogP contribution in [0, 0.1) is 17.0 Å². The van der Waals surface area contributed by atoms with Gasteiger partial charge in [0, 0.05) is 18.7 Å². The maximum atomic E-state index is 12.1. The van der Waals surface area contributed by atoms with Crippen LogP contribution in [0.1, 0.15) is 23.7 Å². The molecule has 0 aromatic heterocycles. The van der Waals surface area contributed by atoms with Crippen LogP contribution in [0.3, 0.4) is 0 Å². The van der Waals surface area contributed by atoms with Crippen molar-refractivity contribution in [3.63, 3.8) is 0 Å². The summed E-state index contributed by atoms with van der Waals surface area (Å²) in [5, 5.41) is 28.2. The topological polar surface area (TPSA) is 122 Å². The van der Waals surface area contributed by atoms with Gasteiger partial charge in [0.05, 0.1) is 16.7 Å². The summed E-state index contributed by atoms with van der Waals surface area (Å²) in [6, 6.07) is 17.3. The number of aliphatic hydroxyl groups excluding tert-OH is 1. The molecule has 2 amide bonds. The monoisotopic (exact) mass is 407 g/mol. The molecule has 154 valence electrons. The second-order valence-electron chi connectivity index (χ2n) is 6.84. The minimum Gasteiger partial charge on any atom is -0.388 e. The standard InChI is InChI=1S/C22H21N3O5/c1-14-9-10-16(25(29)30)13-19(14)24-22(28)21(27)23-12-11-20(26)18-8-4-6-15-5-2-3-7-17(15)18/h2-10,13,20,26H,11-12H2,1H3,(H,23,27)(H,24,28). The van der Waals surface area contributed by atoms with Crippen molar-refractivity contribution in [3.05, 3.63) is 81.9 Å². The third-order valence-corrected chi connectivity index (χ3v) is 4.77. The Hall–Kier alpha value is -3.78. The van der Waals surface area contributed by atoms with Gasteiger partial charge in [-0.2, -0.15) is 0 Å². The highest BCUT2D eigenvalue weighted by Crippen LogP contribution is 2.26. The van der Waals surface area contributed by atoms with E-state index in [1.54, 1.807) is 6.92 Å². The number of carbonyl (C=O) groups is 2. The number of nitrogens with zero attached hydrogens (tertiary/aromatic N) is 1. The number of carbonyl (C=O) groups excluding carboxylic acids is 2. The molecule has 3 aromatic carbocycles. The lowest BCUT2D eigenvalue weighted by atomic mass is 9.99. The molecule has 3 N–H and O–H groups in total. The summed E-state index contributed by atoms with van der Waals surface area (Å²) in [5.41, 5.74) is 1.35. The van der Waals surface area contributed by atoms with Gasteiger partial charge in [-0.05, 0) is 35.2 Å². The highest BCUT2D eigenvalue weighted by molar-refractivity contribution is 6.39. The predicted molar refractivity (Wildman–Crippen MR) is 113 cm³/mol. The van der Waals surface area contributed by atoms with Crippen LogP contribution in [-0.2, 0) is 9.59 Å². The van der Waals surface area contributed by atoms with Crippen LogP contribution >= 0.6 is 0 Å². The highest BCUT2D eigenvalue weighted by atomic mass is 16.6. The summed E-state index contributed by atoms with van der Waals surface area (Å²) < 4.78 is 0. The summed E-state index contributed by atoms with van der Waals surface area (Å²) >= 11 is 0. The number of nitrogens with one attached hydrogen (secondary N) is 2. The Labute approximate surface area is 172 Å². The molecule has 0 bridgehead atoms. The number of fused-ring (bicyclic) bond motifs is 1. The van der Waals surface area contributed by atoms with Gasteiger partial charge in [0.2, 0.25) is 0 Å². The number of hydrogen-bond donors (Lipinski definition) is 3. The van der Waals surface area contributed by atoms with Crippen molar-refractivity contribution < 1.29 is 19.6 Å². The van der Waals surface area contributed by atoms with Crippen LogP contribution in [-0.4, -0.2) is 28.4 Å². The molecular weight excluding hydrogens is 386 g/mol. The number of benzene rings is 3. The largest absolute Gasteiger partial charge is 0.388 e. The Morgan fingerprint density at radius 3 is 2.57 bits per heavy atom. The van der Waals surface area contributed by atoms with E-state index >= 15 is 0 Å². The fourth-order valence-corrected chi connectivity index (χ4v) is 3.14. The number of rotatable bonds is 6. The number of anilines is 1. The number of amides is 2. The summed E-state index contributed by atoms with van der Waals surface area (Å²) in [4.78, 5) is 34.5. The lowest BCUT2D eigenvalue weighted by Gasteiger charge is -2.14. The van der Waals surface area contributed by atoms with Crippen molar-refractivity contribution in [1.29, 1.82) is 0 Å². The Bertz CT molecular complexity index is 1110. The number of aliphatic hydroxyl groups is 1. The number of hydrogen-bond acceptors (Lipinski definition) is 5. The van der Waals surface area contributed by atoms with Crippen molar-refractivity contribution in [2.45, 2.75) is 19.4 Å². The van der Waals surface area contributed by atoms with Gasteiger partial charge in [0.25, 0.3) is 5.69 Å². The van der Waals surface area contributed by atoms with Gasteiger partial charge in [0.15, 0.2) is 0 Å². The molecular formula is C22H21N3O5. The average Bonchev–Trinajstić information content (AvgIpc) is 2.74. The van der Waals surface area contributed by atoms with Crippen molar-refractivity contribution in [2.24, 2.45) is 0 Å². The molecule has 0 aliphatic heterocycles. The first kappa shape index (κ1) is 20.9. The zero-order valence-electron chi connectivity index (χ0n) is 16.3. The van der Waals surface area contributed by atoms with Crippen molar-refractivity contribution >= 4 is 34.0 Å². The molecule has 0 fully saturated rings. The van der Waals surface area contributed by atoms with E-state index in [0.29, 0.717) is 5.56 Å². The number of non-ortho nitro benzene ring substituents is 1. The summed E-state index contributed by atoms with van der Waals surface area (Å²) in [6.07, 6.45) is -0.582. The van der Waals surface area contributed by atoms with E-state index in [9.17, 15) is 24.8 Å². The maximum Gasteiger partial charge on any atom is 0.313 e. The maximum absolute atomic E-state index is 12.1. The van der Waals surface area contributed by atoms with Gasteiger partial charge in [-0.15, -0.1) is 0 Å². The smallest absolute Gasteiger partial charge is 0.313 e. The molecule has 8 heteroatoms. The Kier molecular flexibility index (Phi) is 6.38. The second kappa shape index (κ2) is 9.15. The molecule has 1 atom stereocenters. The molecule has 0 aliphatic carbocycles. The van der Waals surface area contributed by atoms with E-state index in [2.05, 4.69) is 10.6 Å².